The summed E-state index contributed by atoms with van der Waals surface area (Å²) in [4.78, 5) is 0. The zero-order valence-corrected chi connectivity index (χ0v) is 12.5. The van der Waals surface area contributed by atoms with Gasteiger partial charge >= 0.3 is 0 Å². The molecule has 0 heterocycles. The number of methoxy groups -OCH3 is 1. The fourth-order valence-corrected chi connectivity index (χ4v) is 2.14. The first kappa shape index (κ1) is 15.3. The maximum atomic E-state index is 9.17. The second-order valence-electron chi connectivity index (χ2n) is 3.88. The first-order chi connectivity index (χ1) is 8.62. The highest BCUT2D eigenvalue weighted by atomic mass is 79.9. The maximum Gasteiger partial charge on any atom is 0.175 e. The van der Waals surface area contributed by atoms with Gasteiger partial charge in [-0.1, -0.05) is 0 Å². The smallest absolute Gasteiger partial charge is 0.175 e. The predicted octanol–water partition coefficient (Wildman–Crippen LogP) is 2.75. The maximum absolute atomic E-state index is 9.17. The van der Waals surface area contributed by atoms with E-state index in [0.29, 0.717) is 24.7 Å². The van der Waals surface area contributed by atoms with Crippen LogP contribution >= 0.6 is 15.9 Å². The molecule has 0 bridgehead atoms. The Kier molecular flexibility index (Phi) is 6.46. The van der Waals surface area contributed by atoms with Crippen molar-refractivity contribution in [3.63, 3.8) is 0 Å². The molecule has 0 aromatic heterocycles. The van der Waals surface area contributed by atoms with E-state index < -0.39 is 0 Å². The molecule has 1 unspecified atom stereocenters. The minimum absolute atomic E-state index is 0.0351. The summed E-state index contributed by atoms with van der Waals surface area (Å²) < 4.78 is 17.1. The van der Waals surface area contributed by atoms with E-state index in [2.05, 4.69) is 15.9 Å². The summed E-state index contributed by atoms with van der Waals surface area (Å²) in [6.45, 7) is 4.83. The van der Waals surface area contributed by atoms with Crippen LogP contribution in [-0.4, -0.2) is 31.5 Å². The summed E-state index contributed by atoms with van der Waals surface area (Å²) in [6.07, 6.45) is -0.0783. The Morgan fingerprint density at radius 1 is 1.39 bits per heavy atom. The molecule has 0 radical (unpaired) electrons. The summed E-state index contributed by atoms with van der Waals surface area (Å²) in [5, 5.41) is 9.17. The first-order valence-electron chi connectivity index (χ1n) is 5.84. The molecule has 0 spiro atoms. The molecule has 1 rings (SSSR count). The second kappa shape index (κ2) is 7.61. The van der Waals surface area contributed by atoms with E-state index in [9.17, 15) is 5.11 Å². The van der Waals surface area contributed by atoms with Crippen molar-refractivity contribution in [1.82, 2.24) is 0 Å². The fourth-order valence-electron chi connectivity index (χ4n) is 1.56. The number of aliphatic hydroxyl groups is 1. The average Bonchev–Trinajstić information content (AvgIpc) is 2.33. The molecule has 1 N–H and O–H groups in total. The number of hydrogen-bond acceptors (Lipinski definition) is 4. The standard InChI is InChI=1S/C13H19BrO4/c1-4-17-12-6-10(7-15)5-11(14)13(12)18-9(2)8-16-3/h5-6,9,15H,4,7-8H2,1-3H3. The summed E-state index contributed by atoms with van der Waals surface area (Å²) in [7, 11) is 1.63. The van der Waals surface area contributed by atoms with Gasteiger partial charge in [0, 0.05) is 7.11 Å². The molecule has 0 saturated carbocycles. The third-order valence-corrected chi connectivity index (χ3v) is 2.86. The summed E-state index contributed by atoms with van der Waals surface area (Å²) in [5.41, 5.74) is 0.775. The van der Waals surface area contributed by atoms with E-state index in [0.717, 1.165) is 10.0 Å². The van der Waals surface area contributed by atoms with Crippen molar-refractivity contribution in [3.8, 4) is 11.5 Å². The lowest BCUT2D eigenvalue weighted by atomic mass is 10.2. The summed E-state index contributed by atoms with van der Waals surface area (Å²) >= 11 is 3.43. The molecule has 0 aliphatic heterocycles. The molecule has 0 fully saturated rings. The Balaban J connectivity index is 2.99. The van der Waals surface area contributed by atoms with E-state index in [1.54, 1.807) is 13.2 Å². The van der Waals surface area contributed by atoms with Gasteiger partial charge in [0.1, 0.15) is 6.10 Å². The van der Waals surface area contributed by atoms with Crippen molar-refractivity contribution in [2.75, 3.05) is 20.3 Å². The first-order valence-corrected chi connectivity index (χ1v) is 6.63. The van der Waals surface area contributed by atoms with Crippen LogP contribution in [0.5, 0.6) is 11.5 Å². The van der Waals surface area contributed by atoms with Gasteiger partial charge in [0.05, 0.1) is 24.3 Å². The largest absolute Gasteiger partial charge is 0.490 e. The molecule has 4 nitrogen and oxygen atoms in total. The van der Waals surface area contributed by atoms with Crippen LogP contribution < -0.4 is 9.47 Å². The highest BCUT2D eigenvalue weighted by Gasteiger charge is 2.15. The van der Waals surface area contributed by atoms with Crippen LogP contribution in [0.4, 0.5) is 0 Å². The zero-order valence-electron chi connectivity index (χ0n) is 10.9. The lowest BCUT2D eigenvalue weighted by Gasteiger charge is -2.19. The molecule has 0 amide bonds. The highest BCUT2D eigenvalue weighted by molar-refractivity contribution is 9.10. The minimum Gasteiger partial charge on any atom is -0.490 e. The van der Waals surface area contributed by atoms with Crippen LogP contribution in [0.15, 0.2) is 16.6 Å². The van der Waals surface area contributed by atoms with Gasteiger partial charge in [0.2, 0.25) is 0 Å². The molecular formula is C13H19BrO4. The normalized spacial score (nSPS) is 12.3. The number of hydrogen-bond donors (Lipinski definition) is 1. The lowest BCUT2D eigenvalue weighted by Crippen LogP contribution is -2.18. The molecule has 18 heavy (non-hydrogen) atoms. The van der Waals surface area contributed by atoms with Crippen molar-refractivity contribution < 1.29 is 19.3 Å². The Morgan fingerprint density at radius 2 is 2.11 bits per heavy atom. The predicted molar refractivity (Wildman–Crippen MR) is 73.2 cm³/mol. The average molecular weight is 319 g/mol. The number of halogens is 1. The van der Waals surface area contributed by atoms with Gasteiger partial charge in [0.25, 0.3) is 0 Å². The Morgan fingerprint density at radius 3 is 2.67 bits per heavy atom. The molecule has 5 heteroatoms. The van der Waals surface area contributed by atoms with E-state index in [4.69, 9.17) is 14.2 Å². The quantitative estimate of drug-likeness (QED) is 0.839. The fraction of sp³-hybridized carbons (Fsp3) is 0.538. The number of benzene rings is 1. The van der Waals surface area contributed by atoms with Crippen LogP contribution in [0.2, 0.25) is 0 Å². The van der Waals surface area contributed by atoms with Crippen LogP contribution in [-0.2, 0) is 11.3 Å². The second-order valence-corrected chi connectivity index (χ2v) is 4.73. The highest BCUT2D eigenvalue weighted by Crippen LogP contribution is 2.37. The van der Waals surface area contributed by atoms with Crippen LogP contribution in [0.3, 0.4) is 0 Å². The van der Waals surface area contributed by atoms with Crippen LogP contribution in [0.1, 0.15) is 19.4 Å². The van der Waals surface area contributed by atoms with Crippen molar-refractivity contribution >= 4 is 15.9 Å². The molecule has 1 atom stereocenters. The number of aliphatic hydroxyl groups excluding tert-OH is 1. The monoisotopic (exact) mass is 318 g/mol. The number of rotatable bonds is 7. The molecule has 0 aliphatic rings. The zero-order chi connectivity index (χ0) is 13.5. The van der Waals surface area contributed by atoms with Gasteiger partial charge < -0.3 is 19.3 Å². The van der Waals surface area contributed by atoms with E-state index in [1.807, 2.05) is 19.9 Å². The van der Waals surface area contributed by atoms with Gasteiger partial charge in [-0.3, -0.25) is 0 Å². The lowest BCUT2D eigenvalue weighted by molar-refractivity contribution is 0.0888. The molecule has 0 saturated heterocycles. The number of ether oxygens (including phenoxy) is 3. The minimum atomic E-state index is -0.0783. The third-order valence-electron chi connectivity index (χ3n) is 2.27. The van der Waals surface area contributed by atoms with Crippen molar-refractivity contribution in [1.29, 1.82) is 0 Å². The molecular weight excluding hydrogens is 300 g/mol. The van der Waals surface area contributed by atoms with Crippen LogP contribution in [0, 0.1) is 0 Å². The summed E-state index contributed by atoms with van der Waals surface area (Å²) in [5.74, 6) is 1.26. The van der Waals surface area contributed by atoms with E-state index >= 15 is 0 Å². The van der Waals surface area contributed by atoms with Crippen molar-refractivity contribution in [3.05, 3.63) is 22.2 Å². The van der Waals surface area contributed by atoms with Gasteiger partial charge in [-0.05, 0) is 47.5 Å². The van der Waals surface area contributed by atoms with E-state index in [-0.39, 0.29) is 12.7 Å². The van der Waals surface area contributed by atoms with Crippen molar-refractivity contribution in [2.45, 2.75) is 26.6 Å². The molecule has 1 aromatic rings. The molecule has 1 aromatic carbocycles. The van der Waals surface area contributed by atoms with Gasteiger partial charge in [-0.2, -0.15) is 0 Å². The topological polar surface area (TPSA) is 47.9 Å². The summed E-state index contributed by atoms with van der Waals surface area (Å²) in [6, 6.07) is 3.60. The Labute approximate surface area is 116 Å². The van der Waals surface area contributed by atoms with Gasteiger partial charge in [0.15, 0.2) is 11.5 Å². The SMILES string of the molecule is CCOc1cc(CO)cc(Br)c1OC(C)COC. The molecule has 102 valence electrons. The van der Waals surface area contributed by atoms with Crippen LogP contribution in [0.25, 0.3) is 0 Å². The molecule has 0 aliphatic carbocycles. The Hall–Kier alpha value is -0.780. The van der Waals surface area contributed by atoms with Gasteiger partial charge in [-0.15, -0.1) is 0 Å². The van der Waals surface area contributed by atoms with E-state index in [1.165, 1.54) is 0 Å². The Bertz CT molecular complexity index is 381. The van der Waals surface area contributed by atoms with Crippen molar-refractivity contribution in [2.24, 2.45) is 0 Å². The third kappa shape index (κ3) is 4.15. The van der Waals surface area contributed by atoms with Gasteiger partial charge in [-0.25, -0.2) is 0 Å².